The molecule has 2 rings (SSSR count). The predicted molar refractivity (Wildman–Crippen MR) is 70.6 cm³/mol. The smallest absolute Gasteiger partial charge is 0.335 e. The Morgan fingerprint density at radius 3 is 2.84 bits per heavy atom. The summed E-state index contributed by atoms with van der Waals surface area (Å²) in [5, 5.41) is 11.8. The van der Waals surface area contributed by atoms with Crippen LogP contribution in [0.15, 0.2) is 30.3 Å². The van der Waals surface area contributed by atoms with Gasteiger partial charge in [0.1, 0.15) is 16.8 Å². The molecule has 0 unspecified atom stereocenters. The molecule has 0 radical (unpaired) electrons. The van der Waals surface area contributed by atoms with Gasteiger partial charge in [-0.2, -0.15) is 0 Å². The largest absolute Gasteiger partial charge is 0.478 e. The maximum Gasteiger partial charge on any atom is 0.335 e. The number of aromatic nitrogens is 1. The highest BCUT2D eigenvalue weighted by atomic mass is 35.5. The second kappa shape index (κ2) is 5.24. The fourth-order valence-corrected chi connectivity index (χ4v) is 1.77. The van der Waals surface area contributed by atoms with Crippen LogP contribution in [0.3, 0.4) is 0 Å². The zero-order valence-electron chi connectivity index (χ0n) is 9.95. The molecule has 0 spiro atoms. The zero-order valence-corrected chi connectivity index (χ0v) is 10.7. The first-order valence-electron chi connectivity index (χ1n) is 5.40. The number of hydrogen-bond donors (Lipinski definition) is 2. The minimum atomic E-state index is -1.11. The summed E-state index contributed by atoms with van der Waals surface area (Å²) in [5.74, 6) is -1.22. The van der Waals surface area contributed by atoms with Gasteiger partial charge in [0.05, 0.1) is 5.56 Å². The van der Waals surface area contributed by atoms with Gasteiger partial charge in [0, 0.05) is 11.3 Å². The van der Waals surface area contributed by atoms with E-state index in [1.165, 1.54) is 18.2 Å². The number of halogens is 2. The molecule has 1 aromatic heterocycles. The number of carboxylic acids is 1. The van der Waals surface area contributed by atoms with E-state index in [4.69, 9.17) is 16.7 Å². The molecule has 1 heterocycles. The third-order valence-corrected chi connectivity index (χ3v) is 2.77. The van der Waals surface area contributed by atoms with Crippen molar-refractivity contribution in [1.82, 2.24) is 4.98 Å². The summed E-state index contributed by atoms with van der Waals surface area (Å²) in [6, 6.07) is 7.13. The Morgan fingerprint density at radius 1 is 1.42 bits per heavy atom. The van der Waals surface area contributed by atoms with Gasteiger partial charge in [-0.15, -0.1) is 0 Å². The van der Waals surface area contributed by atoms with Crippen molar-refractivity contribution in [3.8, 4) is 0 Å². The number of hydrogen-bond acceptors (Lipinski definition) is 3. The van der Waals surface area contributed by atoms with Gasteiger partial charge in [-0.3, -0.25) is 0 Å². The first-order valence-corrected chi connectivity index (χ1v) is 5.78. The molecule has 19 heavy (non-hydrogen) atoms. The van der Waals surface area contributed by atoms with Crippen LogP contribution in [0.5, 0.6) is 0 Å². The Balaban J connectivity index is 2.38. The molecular weight excluding hydrogens is 271 g/mol. The zero-order chi connectivity index (χ0) is 14.0. The minimum absolute atomic E-state index is 0.0107. The Bertz CT molecular complexity index is 647. The summed E-state index contributed by atoms with van der Waals surface area (Å²) in [6.45, 7) is 1.61. The van der Waals surface area contributed by atoms with E-state index in [9.17, 15) is 9.18 Å². The topological polar surface area (TPSA) is 62.2 Å². The number of carboxylic acid groups (broad SMARTS) is 1. The monoisotopic (exact) mass is 280 g/mol. The molecule has 1 aromatic carbocycles. The van der Waals surface area contributed by atoms with Crippen LogP contribution in [0.1, 0.15) is 15.9 Å². The highest BCUT2D eigenvalue weighted by Crippen LogP contribution is 2.23. The summed E-state index contributed by atoms with van der Waals surface area (Å²) < 4.78 is 13.4. The minimum Gasteiger partial charge on any atom is -0.478 e. The number of aromatic carboxylic acids is 1. The summed E-state index contributed by atoms with van der Waals surface area (Å²) in [5.41, 5.74) is 0.934. The third-order valence-electron chi connectivity index (χ3n) is 2.57. The number of nitrogens with one attached hydrogen (secondary N) is 1. The molecule has 0 amide bonds. The highest BCUT2D eigenvalue weighted by Gasteiger charge is 2.09. The number of anilines is 2. The van der Waals surface area contributed by atoms with E-state index in [1.54, 1.807) is 19.1 Å². The van der Waals surface area contributed by atoms with E-state index in [2.05, 4.69) is 10.3 Å². The fraction of sp³-hybridized carbons (Fsp3) is 0.0769. The van der Waals surface area contributed by atoms with Crippen molar-refractivity contribution in [3.05, 3.63) is 52.4 Å². The van der Waals surface area contributed by atoms with E-state index in [0.29, 0.717) is 11.3 Å². The molecule has 2 aromatic rings. The van der Waals surface area contributed by atoms with E-state index in [0.717, 1.165) is 0 Å². The van der Waals surface area contributed by atoms with Crippen LogP contribution in [0.4, 0.5) is 15.9 Å². The molecule has 6 heteroatoms. The van der Waals surface area contributed by atoms with Gasteiger partial charge in [0.2, 0.25) is 0 Å². The molecule has 0 fully saturated rings. The number of nitrogens with zero attached hydrogens (tertiary/aromatic N) is 1. The molecule has 4 nitrogen and oxygen atoms in total. The Morgan fingerprint density at radius 2 is 2.16 bits per heavy atom. The predicted octanol–water partition coefficient (Wildman–Crippen LogP) is 3.62. The van der Waals surface area contributed by atoms with E-state index >= 15 is 0 Å². The Hall–Kier alpha value is -2.14. The van der Waals surface area contributed by atoms with Gasteiger partial charge in [0.15, 0.2) is 0 Å². The lowest BCUT2D eigenvalue weighted by atomic mass is 10.2. The normalized spacial score (nSPS) is 10.3. The standard InChI is InChI=1S/C13H10ClFN2O2/c1-7-9(15)3-2-4-10(7)16-12-6-8(13(18)19)5-11(14)17-12/h2-6H,1H3,(H,16,17)(H,18,19). The Kier molecular flexibility index (Phi) is 3.66. The molecule has 2 N–H and O–H groups in total. The van der Waals surface area contributed by atoms with Gasteiger partial charge in [-0.05, 0) is 31.2 Å². The SMILES string of the molecule is Cc1c(F)cccc1Nc1cc(C(=O)O)cc(Cl)n1. The molecular formula is C13H10ClFN2O2. The van der Waals surface area contributed by atoms with E-state index in [1.807, 2.05) is 0 Å². The van der Waals surface area contributed by atoms with Crippen LogP contribution < -0.4 is 5.32 Å². The summed E-state index contributed by atoms with van der Waals surface area (Å²) in [6.07, 6.45) is 0. The van der Waals surface area contributed by atoms with Crippen molar-refractivity contribution in [2.75, 3.05) is 5.32 Å². The van der Waals surface area contributed by atoms with Gasteiger partial charge in [-0.1, -0.05) is 17.7 Å². The average molecular weight is 281 g/mol. The molecule has 0 aliphatic rings. The quantitative estimate of drug-likeness (QED) is 0.843. The maximum absolute atomic E-state index is 13.4. The molecule has 0 atom stereocenters. The van der Waals surface area contributed by atoms with Crippen LogP contribution in [-0.2, 0) is 0 Å². The van der Waals surface area contributed by atoms with Crippen molar-refractivity contribution < 1.29 is 14.3 Å². The lowest BCUT2D eigenvalue weighted by Crippen LogP contribution is -2.02. The van der Waals surface area contributed by atoms with Gasteiger partial charge in [-0.25, -0.2) is 14.2 Å². The van der Waals surface area contributed by atoms with Crippen molar-refractivity contribution in [2.45, 2.75) is 6.92 Å². The van der Waals surface area contributed by atoms with Gasteiger partial charge in [0.25, 0.3) is 0 Å². The number of rotatable bonds is 3. The van der Waals surface area contributed by atoms with Crippen LogP contribution in [0, 0.1) is 12.7 Å². The fourth-order valence-electron chi connectivity index (χ4n) is 1.57. The first kappa shape index (κ1) is 13.3. The van der Waals surface area contributed by atoms with Crippen molar-refractivity contribution >= 4 is 29.1 Å². The highest BCUT2D eigenvalue weighted by molar-refractivity contribution is 6.29. The first-order chi connectivity index (χ1) is 8.97. The van der Waals surface area contributed by atoms with Crippen molar-refractivity contribution in [3.63, 3.8) is 0 Å². The summed E-state index contributed by atoms with van der Waals surface area (Å²) >= 11 is 5.74. The van der Waals surface area contributed by atoms with Crippen LogP contribution in [-0.4, -0.2) is 16.1 Å². The summed E-state index contributed by atoms with van der Waals surface area (Å²) in [7, 11) is 0. The lowest BCUT2D eigenvalue weighted by molar-refractivity contribution is 0.0697. The Labute approximate surface area is 113 Å². The van der Waals surface area contributed by atoms with Crippen LogP contribution in [0.2, 0.25) is 5.15 Å². The van der Waals surface area contributed by atoms with E-state index < -0.39 is 5.97 Å². The van der Waals surface area contributed by atoms with Crippen LogP contribution >= 0.6 is 11.6 Å². The molecule has 0 bridgehead atoms. The number of benzene rings is 1. The molecule has 98 valence electrons. The number of pyridine rings is 1. The average Bonchev–Trinajstić information content (AvgIpc) is 2.34. The van der Waals surface area contributed by atoms with E-state index in [-0.39, 0.29) is 22.4 Å². The van der Waals surface area contributed by atoms with Crippen LogP contribution in [0.25, 0.3) is 0 Å². The maximum atomic E-state index is 13.4. The van der Waals surface area contributed by atoms with Crippen molar-refractivity contribution in [1.29, 1.82) is 0 Å². The van der Waals surface area contributed by atoms with Crippen molar-refractivity contribution in [2.24, 2.45) is 0 Å². The third kappa shape index (κ3) is 3.00. The summed E-state index contributed by atoms with van der Waals surface area (Å²) in [4.78, 5) is 14.9. The van der Waals surface area contributed by atoms with Gasteiger partial charge < -0.3 is 10.4 Å². The second-order valence-corrected chi connectivity index (χ2v) is 4.29. The molecule has 0 saturated carbocycles. The number of carbonyl (C=O) groups is 1. The molecule has 0 aliphatic heterocycles. The molecule has 0 saturated heterocycles. The van der Waals surface area contributed by atoms with Gasteiger partial charge >= 0.3 is 5.97 Å². The lowest BCUT2D eigenvalue weighted by Gasteiger charge is -2.10. The second-order valence-electron chi connectivity index (χ2n) is 3.91. The molecule has 0 aliphatic carbocycles.